The van der Waals surface area contributed by atoms with E-state index in [4.69, 9.17) is 14.4 Å². The molecule has 4 aromatic heterocycles. The summed E-state index contributed by atoms with van der Waals surface area (Å²) in [7, 11) is 0. The molecule has 0 saturated carbocycles. The maximum Gasteiger partial charge on any atom is 0.180 e. The van der Waals surface area contributed by atoms with Gasteiger partial charge in [0.2, 0.25) is 0 Å². The summed E-state index contributed by atoms with van der Waals surface area (Å²) in [4.78, 5) is 10.4. The molecular weight excluding hydrogens is 619 g/mol. The van der Waals surface area contributed by atoms with E-state index in [1.54, 1.807) is 0 Å². The largest absolute Gasteiger partial charge is 0.452 e. The predicted octanol–water partition coefficient (Wildman–Crippen LogP) is 12.3. The minimum absolute atomic E-state index is 0.685. The van der Waals surface area contributed by atoms with Crippen molar-refractivity contribution in [3.63, 3.8) is 0 Å². The minimum Gasteiger partial charge on any atom is -0.452 e. The third kappa shape index (κ3) is 3.97. The van der Waals surface area contributed by atoms with Crippen LogP contribution >= 0.6 is 11.3 Å². The molecule has 0 bridgehead atoms. The Bertz CT molecular complexity index is 3110. The molecular formula is C44H25N3OS. The molecule has 0 unspecified atom stereocenters. The Morgan fingerprint density at radius 1 is 0.490 bits per heavy atom. The second-order valence-corrected chi connectivity index (χ2v) is 13.7. The maximum absolute atomic E-state index is 6.47. The van der Waals surface area contributed by atoms with E-state index in [1.807, 2.05) is 29.5 Å². The Labute approximate surface area is 284 Å². The van der Waals surface area contributed by atoms with Gasteiger partial charge in [-0.05, 0) is 77.5 Å². The molecule has 0 spiro atoms. The Morgan fingerprint density at radius 2 is 1.18 bits per heavy atom. The Kier molecular flexibility index (Phi) is 5.51. The standard InChI is InChI=1S/C44H25N3OS/c1-2-10-28-25-37-34(23-27(28)9-1)31-11-3-6-14-36(31)47(37)30-20-17-26(18-21-30)41-43-42(33-13-4-7-15-38(33)48-43)46-44(45-41)29-19-22-40-35(24-29)32-12-5-8-16-39(32)49-40/h1-25H. The highest BCUT2D eigenvalue weighted by Gasteiger charge is 2.20. The van der Waals surface area contributed by atoms with Gasteiger partial charge in [-0.25, -0.2) is 9.97 Å². The minimum atomic E-state index is 0.685. The molecule has 0 N–H and O–H groups in total. The quantitative estimate of drug-likeness (QED) is 0.192. The lowest BCUT2D eigenvalue weighted by molar-refractivity contribution is 0.667. The Morgan fingerprint density at radius 3 is 2.06 bits per heavy atom. The molecule has 0 aliphatic rings. The van der Waals surface area contributed by atoms with E-state index in [2.05, 4.69) is 138 Å². The van der Waals surface area contributed by atoms with Crippen molar-refractivity contribution in [2.45, 2.75) is 0 Å². The van der Waals surface area contributed by atoms with Crippen LogP contribution in [0.1, 0.15) is 0 Å². The van der Waals surface area contributed by atoms with Crippen LogP contribution < -0.4 is 0 Å². The molecule has 4 heterocycles. The van der Waals surface area contributed by atoms with E-state index in [-0.39, 0.29) is 0 Å². The van der Waals surface area contributed by atoms with Crippen molar-refractivity contribution in [2.24, 2.45) is 0 Å². The van der Waals surface area contributed by atoms with Crippen LogP contribution in [-0.4, -0.2) is 14.5 Å². The van der Waals surface area contributed by atoms with E-state index in [9.17, 15) is 0 Å². The zero-order valence-electron chi connectivity index (χ0n) is 26.1. The van der Waals surface area contributed by atoms with Crippen molar-refractivity contribution in [1.82, 2.24) is 14.5 Å². The van der Waals surface area contributed by atoms with E-state index in [0.29, 0.717) is 11.4 Å². The van der Waals surface area contributed by atoms with Gasteiger partial charge in [-0.3, -0.25) is 0 Å². The second kappa shape index (κ2) is 10.1. The summed E-state index contributed by atoms with van der Waals surface area (Å²) in [5, 5.41) is 8.43. The number of hydrogen-bond donors (Lipinski definition) is 0. The third-order valence-corrected chi connectivity index (χ3v) is 10.9. The smallest absolute Gasteiger partial charge is 0.180 e. The van der Waals surface area contributed by atoms with Crippen LogP contribution in [-0.2, 0) is 0 Å². The van der Waals surface area contributed by atoms with Crippen LogP contribution in [0.4, 0.5) is 0 Å². The molecule has 5 heteroatoms. The monoisotopic (exact) mass is 643 g/mol. The highest BCUT2D eigenvalue weighted by molar-refractivity contribution is 7.25. The molecule has 7 aromatic carbocycles. The van der Waals surface area contributed by atoms with Crippen molar-refractivity contribution in [3.05, 3.63) is 152 Å². The van der Waals surface area contributed by atoms with Gasteiger partial charge in [0.05, 0.1) is 11.0 Å². The third-order valence-electron chi connectivity index (χ3n) is 9.79. The SMILES string of the molecule is c1ccc2cc3c(cc2c1)c1ccccc1n3-c1ccc(-c2nc(-c3ccc4sc5ccccc5c4c3)nc3c2oc2ccccc23)cc1. The van der Waals surface area contributed by atoms with E-state index in [0.717, 1.165) is 39.0 Å². The fraction of sp³-hybridized carbons (Fsp3) is 0. The molecule has 0 radical (unpaired) electrons. The summed E-state index contributed by atoms with van der Waals surface area (Å²) < 4.78 is 11.4. The lowest BCUT2D eigenvalue weighted by Gasteiger charge is -2.11. The number of aromatic nitrogens is 3. The summed E-state index contributed by atoms with van der Waals surface area (Å²) >= 11 is 1.82. The van der Waals surface area contributed by atoms with Gasteiger partial charge in [0.15, 0.2) is 11.4 Å². The number of hydrogen-bond acceptors (Lipinski definition) is 4. The van der Waals surface area contributed by atoms with E-state index >= 15 is 0 Å². The van der Waals surface area contributed by atoms with Crippen molar-refractivity contribution in [3.8, 4) is 28.3 Å². The average molecular weight is 644 g/mol. The van der Waals surface area contributed by atoms with E-state index in [1.165, 1.54) is 52.8 Å². The first-order chi connectivity index (χ1) is 24.3. The van der Waals surface area contributed by atoms with Crippen molar-refractivity contribution in [2.75, 3.05) is 0 Å². The number of fused-ring (bicyclic) bond motifs is 10. The number of benzene rings is 7. The lowest BCUT2D eigenvalue weighted by atomic mass is 10.1. The Hall–Kier alpha value is -6.30. The van der Waals surface area contributed by atoms with Crippen molar-refractivity contribution in [1.29, 1.82) is 0 Å². The fourth-order valence-corrected chi connectivity index (χ4v) is 8.57. The normalized spacial score (nSPS) is 12.1. The summed E-state index contributed by atoms with van der Waals surface area (Å²) in [6, 6.07) is 53.8. The zero-order chi connectivity index (χ0) is 32.1. The number of para-hydroxylation sites is 2. The van der Waals surface area contributed by atoms with Crippen LogP contribution in [0.25, 0.3) is 103 Å². The maximum atomic E-state index is 6.47. The van der Waals surface area contributed by atoms with Gasteiger partial charge in [-0.2, -0.15) is 0 Å². The van der Waals surface area contributed by atoms with Crippen LogP contribution in [0.15, 0.2) is 156 Å². The van der Waals surface area contributed by atoms with Gasteiger partial charge in [0, 0.05) is 53.1 Å². The summed E-state index contributed by atoms with van der Waals surface area (Å²) in [5.41, 5.74) is 8.53. The molecule has 0 fully saturated rings. The number of thiophene rings is 1. The van der Waals surface area contributed by atoms with Crippen LogP contribution in [0, 0.1) is 0 Å². The highest BCUT2D eigenvalue weighted by Crippen LogP contribution is 2.40. The number of rotatable bonds is 3. The summed E-state index contributed by atoms with van der Waals surface area (Å²) in [6.07, 6.45) is 0. The molecule has 0 saturated heterocycles. The van der Waals surface area contributed by atoms with Crippen molar-refractivity contribution >= 4 is 86.2 Å². The molecule has 0 aliphatic carbocycles. The molecule has 0 amide bonds. The first kappa shape index (κ1) is 26.7. The number of furan rings is 1. The van der Waals surface area contributed by atoms with E-state index < -0.39 is 0 Å². The fourth-order valence-electron chi connectivity index (χ4n) is 7.48. The molecule has 228 valence electrons. The first-order valence-corrected chi connectivity index (χ1v) is 17.2. The first-order valence-electron chi connectivity index (χ1n) is 16.4. The van der Waals surface area contributed by atoms with Gasteiger partial charge in [-0.1, -0.05) is 84.9 Å². The zero-order valence-corrected chi connectivity index (χ0v) is 26.9. The van der Waals surface area contributed by atoms with Gasteiger partial charge in [0.1, 0.15) is 16.8 Å². The molecule has 11 rings (SSSR count). The predicted molar refractivity (Wildman–Crippen MR) is 205 cm³/mol. The van der Waals surface area contributed by atoms with Gasteiger partial charge >= 0.3 is 0 Å². The van der Waals surface area contributed by atoms with Crippen LogP contribution in [0.2, 0.25) is 0 Å². The van der Waals surface area contributed by atoms with Gasteiger partial charge < -0.3 is 8.98 Å². The second-order valence-electron chi connectivity index (χ2n) is 12.6. The van der Waals surface area contributed by atoms with Gasteiger partial charge in [-0.15, -0.1) is 11.3 Å². The molecule has 11 aromatic rings. The number of nitrogens with zero attached hydrogens (tertiary/aromatic N) is 3. The lowest BCUT2D eigenvalue weighted by Crippen LogP contribution is -1.96. The highest BCUT2D eigenvalue weighted by atomic mass is 32.1. The summed E-state index contributed by atoms with van der Waals surface area (Å²) in [6.45, 7) is 0. The molecule has 4 nitrogen and oxygen atoms in total. The summed E-state index contributed by atoms with van der Waals surface area (Å²) in [5.74, 6) is 0.685. The Balaban J connectivity index is 1.11. The average Bonchev–Trinajstić information content (AvgIpc) is 3.83. The van der Waals surface area contributed by atoms with Gasteiger partial charge in [0.25, 0.3) is 0 Å². The molecule has 0 aliphatic heterocycles. The molecule has 0 atom stereocenters. The van der Waals surface area contributed by atoms with Crippen LogP contribution in [0.3, 0.4) is 0 Å². The van der Waals surface area contributed by atoms with Crippen LogP contribution in [0.5, 0.6) is 0 Å². The topological polar surface area (TPSA) is 43.9 Å². The molecule has 49 heavy (non-hydrogen) atoms. The van der Waals surface area contributed by atoms with Crippen molar-refractivity contribution < 1.29 is 4.42 Å².